The number of nitrogens with two attached hydrogens (primary N) is 2. The lowest BCUT2D eigenvalue weighted by molar-refractivity contribution is -0.120. The van der Waals surface area contributed by atoms with Gasteiger partial charge < -0.3 is 26.8 Å². The highest BCUT2D eigenvalue weighted by Gasteiger charge is 2.22. The number of carbonyl (C=O) groups excluding carboxylic acids is 2. The first kappa shape index (κ1) is 14.0. The molecule has 0 radical (unpaired) electrons. The van der Waals surface area contributed by atoms with Gasteiger partial charge in [0, 0.05) is 6.07 Å². The number of anilines is 3. The van der Waals surface area contributed by atoms with Crippen LogP contribution in [0.1, 0.15) is 13.8 Å². The smallest absolute Gasteiger partial charge is 0.262 e. The molecule has 2 rings (SSSR count). The lowest BCUT2D eigenvalue weighted by atomic mass is 10.0. The molecule has 1 heterocycles. The van der Waals surface area contributed by atoms with Crippen molar-refractivity contribution >= 4 is 28.9 Å². The average Bonchev–Trinajstić information content (AvgIpc) is 2.35. The molecule has 6 N–H and O–H groups in total. The predicted molar refractivity (Wildman–Crippen MR) is 76.4 cm³/mol. The van der Waals surface area contributed by atoms with Gasteiger partial charge in [-0.3, -0.25) is 9.59 Å². The SMILES string of the molecule is CC(C)C(Nc1cc2c(cc1N)OCC(=O)N2)C(N)=O. The molecule has 1 aliphatic rings. The number of amides is 2. The summed E-state index contributed by atoms with van der Waals surface area (Å²) in [5.74, 6) is -0.178. The topological polar surface area (TPSA) is 119 Å². The van der Waals surface area contributed by atoms with Crippen LogP contribution in [0.15, 0.2) is 12.1 Å². The maximum atomic E-state index is 11.4. The van der Waals surface area contributed by atoms with Crippen molar-refractivity contribution in [3.63, 3.8) is 0 Å². The summed E-state index contributed by atoms with van der Waals surface area (Å²) in [6, 6.07) is 2.70. The van der Waals surface area contributed by atoms with Gasteiger partial charge >= 0.3 is 0 Å². The molecule has 1 aliphatic heterocycles. The third-order valence-corrected chi connectivity index (χ3v) is 3.07. The maximum Gasteiger partial charge on any atom is 0.262 e. The Morgan fingerprint density at radius 2 is 2.15 bits per heavy atom. The van der Waals surface area contributed by atoms with Crippen molar-refractivity contribution in [1.82, 2.24) is 0 Å². The Labute approximate surface area is 116 Å². The first-order valence-corrected chi connectivity index (χ1v) is 6.30. The molecule has 20 heavy (non-hydrogen) atoms. The fourth-order valence-electron chi connectivity index (χ4n) is 2.00. The molecule has 0 saturated carbocycles. The van der Waals surface area contributed by atoms with Crippen LogP contribution in [0.5, 0.6) is 5.75 Å². The fraction of sp³-hybridized carbons (Fsp3) is 0.385. The Kier molecular flexibility index (Phi) is 3.69. The highest BCUT2D eigenvalue weighted by Crippen LogP contribution is 2.35. The molecule has 0 fully saturated rings. The summed E-state index contributed by atoms with van der Waals surface area (Å²) in [6.07, 6.45) is 0. The number of hydrogen-bond acceptors (Lipinski definition) is 5. The molecule has 0 saturated heterocycles. The fourth-order valence-corrected chi connectivity index (χ4v) is 2.00. The second kappa shape index (κ2) is 5.28. The van der Waals surface area contributed by atoms with Crippen LogP contribution in [0, 0.1) is 5.92 Å². The van der Waals surface area contributed by atoms with Crippen LogP contribution in [0.2, 0.25) is 0 Å². The van der Waals surface area contributed by atoms with E-state index in [1.54, 1.807) is 12.1 Å². The maximum absolute atomic E-state index is 11.4. The standard InChI is InChI=1S/C13H18N4O3/c1-6(2)12(13(15)19)17-8-4-9-10(3-7(8)14)20-5-11(18)16-9/h3-4,6,12,17H,5,14H2,1-2H3,(H2,15,19)(H,16,18). The molecule has 108 valence electrons. The largest absolute Gasteiger partial charge is 0.482 e. The highest BCUT2D eigenvalue weighted by atomic mass is 16.5. The van der Waals surface area contributed by atoms with Gasteiger partial charge in [0.1, 0.15) is 11.8 Å². The lowest BCUT2D eigenvalue weighted by Gasteiger charge is -2.24. The highest BCUT2D eigenvalue weighted by molar-refractivity contribution is 5.97. The molecule has 7 nitrogen and oxygen atoms in total. The number of carbonyl (C=O) groups is 2. The minimum atomic E-state index is -0.546. The van der Waals surface area contributed by atoms with Crippen LogP contribution >= 0.6 is 0 Å². The summed E-state index contributed by atoms with van der Waals surface area (Å²) in [7, 11) is 0. The van der Waals surface area contributed by atoms with E-state index in [4.69, 9.17) is 16.2 Å². The number of nitrogen functional groups attached to an aromatic ring is 1. The molecular formula is C13H18N4O3. The van der Waals surface area contributed by atoms with Crippen molar-refractivity contribution in [2.45, 2.75) is 19.9 Å². The van der Waals surface area contributed by atoms with Crippen molar-refractivity contribution in [3.8, 4) is 5.75 Å². The molecular weight excluding hydrogens is 260 g/mol. The van der Waals surface area contributed by atoms with Gasteiger partial charge in [0.2, 0.25) is 5.91 Å². The zero-order valence-electron chi connectivity index (χ0n) is 11.4. The van der Waals surface area contributed by atoms with Crippen molar-refractivity contribution < 1.29 is 14.3 Å². The number of ether oxygens (including phenoxy) is 1. The Morgan fingerprint density at radius 3 is 2.75 bits per heavy atom. The molecule has 1 aromatic carbocycles. The summed E-state index contributed by atoms with van der Waals surface area (Å²) in [5, 5.41) is 5.69. The van der Waals surface area contributed by atoms with Crippen LogP contribution in [-0.4, -0.2) is 24.5 Å². The monoisotopic (exact) mass is 278 g/mol. The van der Waals surface area contributed by atoms with E-state index >= 15 is 0 Å². The molecule has 0 spiro atoms. The van der Waals surface area contributed by atoms with Gasteiger partial charge in [0.25, 0.3) is 5.91 Å². The van der Waals surface area contributed by atoms with Crippen LogP contribution in [0.25, 0.3) is 0 Å². The van der Waals surface area contributed by atoms with Crippen molar-refractivity contribution in [2.24, 2.45) is 11.7 Å². The van der Waals surface area contributed by atoms with Gasteiger partial charge in [-0.05, 0) is 12.0 Å². The van der Waals surface area contributed by atoms with E-state index in [1.807, 2.05) is 13.8 Å². The van der Waals surface area contributed by atoms with Crippen molar-refractivity contribution in [2.75, 3.05) is 23.0 Å². The van der Waals surface area contributed by atoms with Gasteiger partial charge in [0.05, 0.1) is 17.1 Å². The minimum absolute atomic E-state index is 0.00812. The predicted octanol–water partition coefficient (Wildman–Crippen LogP) is 0.521. The summed E-state index contributed by atoms with van der Waals surface area (Å²) >= 11 is 0. The minimum Gasteiger partial charge on any atom is -0.482 e. The lowest BCUT2D eigenvalue weighted by Crippen LogP contribution is -2.39. The zero-order chi connectivity index (χ0) is 14.9. The van der Waals surface area contributed by atoms with Crippen LogP contribution < -0.4 is 26.8 Å². The third kappa shape index (κ3) is 2.76. The van der Waals surface area contributed by atoms with Crippen LogP contribution in [0.3, 0.4) is 0 Å². The normalized spacial score (nSPS) is 15.1. The van der Waals surface area contributed by atoms with Gasteiger partial charge in [-0.25, -0.2) is 0 Å². The summed E-state index contributed by atoms with van der Waals surface area (Å²) in [6.45, 7) is 3.72. The van der Waals surface area contributed by atoms with E-state index in [2.05, 4.69) is 10.6 Å². The summed E-state index contributed by atoms with van der Waals surface area (Å²) in [4.78, 5) is 22.7. The van der Waals surface area contributed by atoms with E-state index in [-0.39, 0.29) is 18.4 Å². The Bertz CT molecular complexity index is 557. The van der Waals surface area contributed by atoms with E-state index in [0.29, 0.717) is 22.8 Å². The average molecular weight is 278 g/mol. The third-order valence-electron chi connectivity index (χ3n) is 3.07. The Balaban J connectivity index is 2.30. The Morgan fingerprint density at radius 1 is 1.45 bits per heavy atom. The van der Waals surface area contributed by atoms with E-state index in [1.165, 1.54) is 0 Å². The first-order chi connectivity index (χ1) is 9.38. The summed E-state index contributed by atoms with van der Waals surface area (Å²) < 4.78 is 5.26. The number of hydrogen-bond donors (Lipinski definition) is 4. The molecule has 0 aliphatic carbocycles. The number of rotatable bonds is 4. The first-order valence-electron chi connectivity index (χ1n) is 6.30. The number of primary amides is 1. The van der Waals surface area contributed by atoms with Gasteiger partial charge in [-0.15, -0.1) is 0 Å². The van der Waals surface area contributed by atoms with E-state index in [0.717, 1.165) is 0 Å². The van der Waals surface area contributed by atoms with Gasteiger partial charge in [0.15, 0.2) is 6.61 Å². The van der Waals surface area contributed by atoms with Gasteiger partial charge in [-0.1, -0.05) is 13.8 Å². The molecule has 7 heteroatoms. The van der Waals surface area contributed by atoms with E-state index in [9.17, 15) is 9.59 Å². The summed E-state index contributed by atoms with van der Waals surface area (Å²) in [5.41, 5.74) is 12.8. The molecule has 1 atom stereocenters. The molecule has 0 aromatic heterocycles. The molecule has 2 amide bonds. The number of fused-ring (bicyclic) bond motifs is 1. The van der Waals surface area contributed by atoms with Crippen molar-refractivity contribution in [1.29, 1.82) is 0 Å². The van der Waals surface area contributed by atoms with Crippen molar-refractivity contribution in [3.05, 3.63) is 12.1 Å². The van der Waals surface area contributed by atoms with Crippen LogP contribution in [0.4, 0.5) is 17.1 Å². The molecule has 1 unspecified atom stereocenters. The number of benzene rings is 1. The van der Waals surface area contributed by atoms with Crippen LogP contribution in [-0.2, 0) is 9.59 Å². The van der Waals surface area contributed by atoms with E-state index < -0.39 is 11.9 Å². The second-order valence-electron chi connectivity index (χ2n) is 5.04. The second-order valence-corrected chi connectivity index (χ2v) is 5.04. The number of nitrogens with one attached hydrogen (secondary N) is 2. The Hall–Kier alpha value is -2.44. The van der Waals surface area contributed by atoms with Gasteiger partial charge in [-0.2, -0.15) is 0 Å². The molecule has 0 bridgehead atoms. The quantitative estimate of drug-likeness (QED) is 0.599. The zero-order valence-corrected chi connectivity index (χ0v) is 11.4. The molecule has 1 aromatic rings.